The van der Waals surface area contributed by atoms with Crippen LogP contribution in [0, 0.1) is 0 Å². The van der Waals surface area contributed by atoms with Crippen LogP contribution in [0.15, 0.2) is 0 Å². The van der Waals surface area contributed by atoms with Gasteiger partial charge in [0, 0.05) is 12.3 Å². The molecule has 0 saturated heterocycles. The molecule has 0 aromatic rings. The summed E-state index contributed by atoms with van der Waals surface area (Å²) in [7, 11) is -0.880. The lowest BCUT2D eigenvalue weighted by molar-refractivity contribution is 0.574. The SMILES string of the molecule is CCCCCCCC[P](=O)CCCCCCCC. The predicted molar refractivity (Wildman–Crippen MR) is 84.1 cm³/mol. The van der Waals surface area contributed by atoms with E-state index in [0.717, 1.165) is 12.3 Å². The minimum atomic E-state index is -0.880. The highest BCUT2D eigenvalue weighted by Crippen LogP contribution is 2.25. The number of hydrogen-bond acceptors (Lipinski definition) is 1. The lowest BCUT2D eigenvalue weighted by Gasteiger charge is -2.02. The van der Waals surface area contributed by atoms with E-state index in [1.54, 1.807) is 0 Å². The third-order valence-corrected chi connectivity index (χ3v) is 5.15. The third kappa shape index (κ3) is 14.2. The van der Waals surface area contributed by atoms with E-state index in [0.29, 0.717) is 0 Å². The molecule has 0 heterocycles. The molecular formula is C16H34OP. The second-order valence-corrected chi connectivity index (χ2v) is 7.32. The fourth-order valence-corrected chi connectivity index (χ4v) is 3.63. The first kappa shape index (κ1) is 18.1. The summed E-state index contributed by atoms with van der Waals surface area (Å²) < 4.78 is 11.8. The van der Waals surface area contributed by atoms with E-state index >= 15 is 0 Å². The lowest BCUT2D eigenvalue weighted by Crippen LogP contribution is -1.87. The van der Waals surface area contributed by atoms with Gasteiger partial charge in [0.15, 0.2) is 0 Å². The number of rotatable bonds is 14. The van der Waals surface area contributed by atoms with E-state index in [4.69, 9.17) is 0 Å². The van der Waals surface area contributed by atoms with Crippen LogP contribution in [-0.4, -0.2) is 12.3 Å². The summed E-state index contributed by atoms with van der Waals surface area (Å²) in [6.45, 7) is 4.49. The quantitative estimate of drug-likeness (QED) is 0.259. The maximum atomic E-state index is 11.8. The van der Waals surface area contributed by atoms with Crippen LogP contribution < -0.4 is 0 Å². The Bertz CT molecular complexity index is 162. The molecule has 18 heavy (non-hydrogen) atoms. The molecule has 1 nitrogen and oxygen atoms in total. The Balaban J connectivity index is 3.12. The molecular weight excluding hydrogens is 239 g/mol. The van der Waals surface area contributed by atoms with E-state index in [2.05, 4.69) is 13.8 Å². The fourth-order valence-electron chi connectivity index (χ4n) is 2.25. The van der Waals surface area contributed by atoms with Gasteiger partial charge in [-0.1, -0.05) is 78.1 Å². The predicted octanol–water partition coefficient (Wildman–Crippen LogP) is 6.53. The van der Waals surface area contributed by atoms with Crippen LogP contribution in [0.2, 0.25) is 0 Å². The summed E-state index contributed by atoms with van der Waals surface area (Å²) in [6, 6.07) is 0. The lowest BCUT2D eigenvalue weighted by atomic mass is 10.1. The van der Waals surface area contributed by atoms with Crippen molar-refractivity contribution in [1.29, 1.82) is 0 Å². The Kier molecular flexibility index (Phi) is 15.2. The van der Waals surface area contributed by atoms with Crippen molar-refractivity contribution >= 4 is 7.80 Å². The second kappa shape index (κ2) is 15.2. The Hall–Kier alpha value is 0.100. The summed E-state index contributed by atoms with van der Waals surface area (Å²) in [6.07, 6.45) is 17.7. The molecule has 0 aromatic heterocycles. The Morgan fingerprint density at radius 1 is 0.556 bits per heavy atom. The molecule has 0 amide bonds. The molecule has 0 bridgehead atoms. The Labute approximate surface area is 116 Å². The molecule has 0 atom stereocenters. The second-order valence-electron chi connectivity index (χ2n) is 5.46. The molecule has 0 aromatic carbocycles. The summed E-state index contributed by atoms with van der Waals surface area (Å²) in [5.74, 6) is 0. The zero-order valence-corrected chi connectivity index (χ0v) is 13.6. The molecule has 0 fully saturated rings. The van der Waals surface area contributed by atoms with Crippen molar-refractivity contribution in [1.82, 2.24) is 0 Å². The molecule has 0 N–H and O–H groups in total. The summed E-state index contributed by atoms with van der Waals surface area (Å²) in [5.41, 5.74) is 0. The van der Waals surface area contributed by atoms with Gasteiger partial charge in [0.05, 0.1) is 7.80 Å². The van der Waals surface area contributed by atoms with E-state index in [9.17, 15) is 4.57 Å². The van der Waals surface area contributed by atoms with Gasteiger partial charge in [0.25, 0.3) is 0 Å². The first-order valence-electron chi connectivity index (χ1n) is 8.23. The summed E-state index contributed by atoms with van der Waals surface area (Å²) in [4.78, 5) is 0. The van der Waals surface area contributed by atoms with Crippen LogP contribution in [0.5, 0.6) is 0 Å². The van der Waals surface area contributed by atoms with Crippen molar-refractivity contribution in [2.24, 2.45) is 0 Å². The van der Waals surface area contributed by atoms with E-state index in [-0.39, 0.29) is 0 Å². The minimum Gasteiger partial charge on any atom is -0.287 e. The van der Waals surface area contributed by atoms with Crippen LogP contribution in [-0.2, 0) is 4.57 Å². The van der Waals surface area contributed by atoms with Crippen molar-refractivity contribution in [2.45, 2.75) is 90.9 Å². The van der Waals surface area contributed by atoms with E-state index in [1.165, 1.54) is 77.0 Å². The molecule has 0 spiro atoms. The summed E-state index contributed by atoms with van der Waals surface area (Å²) in [5, 5.41) is 0. The molecule has 2 heteroatoms. The average Bonchev–Trinajstić information content (AvgIpc) is 2.38. The van der Waals surface area contributed by atoms with Gasteiger partial charge in [-0.25, -0.2) is 0 Å². The molecule has 0 aliphatic rings. The van der Waals surface area contributed by atoms with Gasteiger partial charge in [0.1, 0.15) is 0 Å². The van der Waals surface area contributed by atoms with E-state index < -0.39 is 7.80 Å². The summed E-state index contributed by atoms with van der Waals surface area (Å²) >= 11 is 0. The first-order chi connectivity index (χ1) is 8.81. The van der Waals surface area contributed by atoms with Crippen LogP contribution in [0.4, 0.5) is 0 Å². The Morgan fingerprint density at radius 3 is 1.28 bits per heavy atom. The minimum absolute atomic E-state index is 0.880. The van der Waals surface area contributed by atoms with Gasteiger partial charge in [-0.05, 0) is 12.8 Å². The maximum absolute atomic E-state index is 11.8. The molecule has 1 radical (unpaired) electrons. The molecule has 0 rings (SSSR count). The highest BCUT2D eigenvalue weighted by atomic mass is 31.1. The van der Waals surface area contributed by atoms with Gasteiger partial charge in [0.2, 0.25) is 0 Å². The van der Waals surface area contributed by atoms with Crippen LogP contribution in [0.3, 0.4) is 0 Å². The Morgan fingerprint density at radius 2 is 0.889 bits per heavy atom. The first-order valence-corrected chi connectivity index (χ1v) is 9.86. The van der Waals surface area contributed by atoms with Gasteiger partial charge in [-0.2, -0.15) is 0 Å². The molecule has 0 aliphatic heterocycles. The van der Waals surface area contributed by atoms with Gasteiger partial charge in [-0.15, -0.1) is 0 Å². The molecule has 109 valence electrons. The monoisotopic (exact) mass is 273 g/mol. The van der Waals surface area contributed by atoms with Crippen molar-refractivity contribution in [3.05, 3.63) is 0 Å². The molecule has 0 saturated carbocycles. The topological polar surface area (TPSA) is 17.1 Å². The van der Waals surface area contributed by atoms with Gasteiger partial charge in [-0.3, -0.25) is 4.57 Å². The van der Waals surface area contributed by atoms with Crippen molar-refractivity contribution < 1.29 is 4.57 Å². The smallest absolute Gasteiger partial charge is 0.0718 e. The van der Waals surface area contributed by atoms with Gasteiger partial charge >= 0.3 is 0 Å². The highest BCUT2D eigenvalue weighted by Gasteiger charge is 2.00. The highest BCUT2D eigenvalue weighted by molar-refractivity contribution is 7.44. The maximum Gasteiger partial charge on any atom is 0.0718 e. The van der Waals surface area contributed by atoms with E-state index in [1.807, 2.05) is 0 Å². The number of hydrogen-bond donors (Lipinski definition) is 0. The molecule has 0 unspecified atom stereocenters. The zero-order valence-electron chi connectivity index (χ0n) is 12.8. The fraction of sp³-hybridized carbons (Fsp3) is 1.00. The zero-order chi connectivity index (χ0) is 13.5. The van der Waals surface area contributed by atoms with Crippen LogP contribution >= 0.6 is 7.80 Å². The average molecular weight is 273 g/mol. The largest absolute Gasteiger partial charge is 0.287 e. The van der Waals surface area contributed by atoms with Crippen molar-refractivity contribution in [3.8, 4) is 0 Å². The van der Waals surface area contributed by atoms with Crippen LogP contribution in [0.1, 0.15) is 90.9 Å². The molecule has 0 aliphatic carbocycles. The van der Waals surface area contributed by atoms with Crippen LogP contribution in [0.25, 0.3) is 0 Å². The standard InChI is InChI=1S/C16H34OP/c1-3-5-7-9-11-13-15-18(17)16-14-12-10-8-6-4-2/h3-16H2,1-2H3. The van der Waals surface area contributed by atoms with Crippen molar-refractivity contribution in [2.75, 3.05) is 12.3 Å². The number of unbranched alkanes of at least 4 members (excludes halogenated alkanes) is 10. The van der Waals surface area contributed by atoms with Crippen molar-refractivity contribution in [3.63, 3.8) is 0 Å². The third-order valence-electron chi connectivity index (χ3n) is 3.52. The van der Waals surface area contributed by atoms with Gasteiger partial charge < -0.3 is 0 Å². The normalized spacial score (nSPS) is 10.8.